The van der Waals surface area contributed by atoms with Crippen molar-refractivity contribution in [2.24, 2.45) is 0 Å². The number of fused-ring (bicyclic) bond motifs is 3. The zero-order valence-electron chi connectivity index (χ0n) is 34.8. The predicted octanol–water partition coefficient (Wildman–Crippen LogP) is 11.8. The number of para-hydroxylation sites is 2. The molecular formula is C45H29N3O. The summed E-state index contributed by atoms with van der Waals surface area (Å²) in [5.74, 6) is 0.201. The topological polar surface area (TPSA) is 51.8 Å². The van der Waals surface area contributed by atoms with Gasteiger partial charge in [-0.2, -0.15) is 0 Å². The lowest BCUT2D eigenvalue weighted by atomic mass is 9.99. The second kappa shape index (κ2) is 12.2. The third-order valence-corrected chi connectivity index (χ3v) is 8.41. The maximum atomic E-state index is 9.10. The number of benzene rings is 7. The molecule has 0 atom stereocenters. The number of rotatable bonds is 6. The van der Waals surface area contributed by atoms with Crippen LogP contribution in [0.25, 0.3) is 89.5 Å². The third kappa shape index (κ3) is 5.35. The smallest absolute Gasteiger partial charge is 0.164 e. The van der Waals surface area contributed by atoms with Crippen molar-refractivity contribution < 1.29 is 16.8 Å². The second-order valence-electron chi connectivity index (χ2n) is 11.4. The van der Waals surface area contributed by atoms with Gasteiger partial charge in [-0.3, -0.25) is 0 Å². The number of aromatic nitrogens is 3. The predicted molar refractivity (Wildman–Crippen MR) is 200 cm³/mol. The van der Waals surface area contributed by atoms with Gasteiger partial charge >= 0.3 is 0 Å². The van der Waals surface area contributed by atoms with Crippen LogP contribution in [0.2, 0.25) is 0 Å². The van der Waals surface area contributed by atoms with E-state index in [1.165, 1.54) is 0 Å². The Bertz CT molecular complexity index is 3070. The van der Waals surface area contributed by atoms with Crippen LogP contribution in [0.4, 0.5) is 0 Å². The largest absolute Gasteiger partial charge is 0.455 e. The normalized spacial score (nSPS) is 13.8. The first-order chi connectivity index (χ1) is 28.0. The highest BCUT2D eigenvalue weighted by Crippen LogP contribution is 2.37. The van der Waals surface area contributed by atoms with Crippen molar-refractivity contribution in [1.82, 2.24) is 15.0 Å². The molecule has 0 unspecified atom stereocenters. The minimum absolute atomic E-state index is 0.169. The maximum absolute atomic E-state index is 9.10. The van der Waals surface area contributed by atoms with Crippen LogP contribution >= 0.6 is 0 Å². The van der Waals surface area contributed by atoms with Crippen LogP contribution in [-0.4, -0.2) is 15.0 Å². The number of nitrogens with zero attached hydrogens (tertiary/aromatic N) is 3. The molecule has 2 aromatic heterocycles. The Labute approximate surface area is 296 Å². The van der Waals surface area contributed by atoms with Gasteiger partial charge in [-0.05, 0) is 33.9 Å². The van der Waals surface area contributed by atoms with Crippen LogP contribution in [0, 0.1) is 0 Å². The molecule has 0 aliphatic carbocycles. The summed E-state index contributed by atoms with van der Waals surface area (Å²) in [6, 6.07) is 33.2. The zero-order chi connectivity index (χ0) is 40.4. The van der Waals surface area contributed by atoms with E-state index in [1.54, 1.807) is 0 Å². The maximum Gasteiger partial charge on any atom is 0.164 e. The van der Waals surface area contributed by atoms with Crippen molar-refractivity contribution in [2.75, 3.05) is 0 Å². The molecule has 0 N–H and O–H groups in total. The average molecular weight is 637 g/mol. The van der Waals surface area contributed by atoms with Gasteiger partial charge in [0.2, 0.25) is 0 Å². The summed E-state index contributed by atoms with van der Waals surface area (Å²) < 4.78 is 83.9. The lowest BCUT2D eigenvalue weighted by molar-refractivity contribution is 0.670. The Balaban J connectivity index is 1.25. The fourth-order valence-electron chi connectivity index (χ4n) is 6.00. The van der Waals surface area contributed by atoms with Gasteiger partial charge in [0.1, 0.15) is 11.2 Å². The van der Waals surface area contributed by atoms with Crippen LogP contribution in [0.5, 0.6) is 0 Å². The molecule has 7 aromatic carbocycles. The Kier molecular flexibility index (Phi) is 5.11. The summed E-state index contributed by atoms with van der Waals surface area (Å²) in [6.07, 6.45) is 0. The zero-order valence-corrected chi connectivity index (χ0v) is 25.8. The Hall–Kier alpha value is -6.65. The second-order valence-corrected chi connectivity index (χ2v) is 11.4. The molecule has 0 saturated heterocycles. The lowest BCUT2D eigenvalue weighted by Crippen LogP contribution is -2.01. The molecule has 0 saturated carbocycles. The van der Waals surface area contributed by atoms with Crippen molar-refractivity contribution in [3.05, 3.63) is 176 Å². The van der Waals surface area contributed by atoms with E-state index in [4.69, 9.17) is 31.7 Å². The molecule has 0 radical (unpaired) electrons. The first-order valence-electron chi connectivity index (χ1n) is 20.1. The Morgan fingerprint density at radius 1 is 0.367 bits per heavy atom. The lowest BCUT2D eigenvalue weighted by Gasteiger charge is -2.12. The van der Waals surface area contributed by atoms with Crippen LogP contribution in [-0.2, 0) is 0 Å². The minimum Gasteiger partial charge on any atom is -0.455 e. The van der Waals surface area contributed by atoms with Crippen LogP contribution in [0.3, 0.4) is 0 Å². The molecule has 0 fully saturated rings. The van der Waals surface area contributed by atoms with Crippen molar-refractivity contribution in [3.63, 3.8) is 0 Å². The van der Waals surface area contributed by atoms with Gasteiger partial charge in [0.25, 0.3) is 0 Å². The molecule has 4 heteroatoms. The van der Waals surface area contributed by atoms with E-state index in [0.29, 0.717) is 11.1 Å². The monoisotopic (exact) mass is 636 g/mol. The first-order valence-corrected chi connectivity index (χ1v) is 15.6. The molecule has 49 heavy (non-hydrogen) atoms. The van der Waals surface area contributed by atoms with E-state index >= 15 is 0 Å². The highest BCUT2D eigenvalue weighted by atomic mass is 16.3. The summed E-state index contributed by atoms with van der Waals surface area (Å²) >= 11 is 0. The third-order valence-electron chi connectivity index (χ3n) is 8.41. The van der Waals surface area contributed by atoms with E-state index in [-0.39, 0.29) is 28.6 Å². The van der Waals surface area contributed by atoms with E-state index < -0.39 is 59.9 Å². The Morgan fingerprint density at radius 2 is 0.918 bits per heavy atom. The molecular weight excluding hydrogens is 599 g/mol. The van der Waals surface area contributed by atoms with Gasteiger partial charge in [0.05, 0.1) is 12.3 Å². The van der Waals surface area contributed by atoms with Crippen LogP contribution in [0.1, 0.15) is 12.3 Å². The van der Waals surface area contributed by atoms with E-state index in [1.807, 2.05) is 121 Å². The molecule has 0 bridgehead atoms. The van der Waals surface area contributed by atoms with E-state index in [0.717, 1.165) is 44.2 Å². The van der Waals surface area contributed by atoms with Crippen molar-refractivity contribution >= 4 is 21.9 Å². The van der Waals surface area contributed by atoms with Crippen LogP contribution in [0.15, 0.2) is 180 Å². The molecule has 2 heterocycles. The standard InChI is InChI=1S/C45H29N3O/c1-3-12-30(13-4-1)31-22-26-34(27-23-31)43-46-44(48-45(47-43)40-18-8-7-16-36(40)32-14-5-2-6-15-32)35-28-24-33(25-29-35)37-19-11-20-39-38-17-9-10-21-41(38)49-42(37)39/h1-29H/i2D,5D,6D,7D,8D,14D,15D,16D,18D. The van der Waals surface area contributed by atoms with Gasteiger partial charge in [0, 0.05) is 33.0 Å². The summed E-state index contributed by atoms with van der Waals surface area (Å²) in [5.41, 5.74) is 5.46. The van der Waals surface area contributed by atoms with Gasteiger partial charge in [-0.1, -0.05) is 170 Å². The molecule has 0 amide bonds. The fraction of sp³-hybridized carbons (Fsp3) is 0. The Morgan fingerprint density at radius 3 is 1.65 bits per heavy atom. The van der Waals surface area contributed by atoms with Gasteiger partial charge < -0.3 is 4.42 Å². The molecule has 9 aromatic rings. The summed E-state index contributed by atoms with van der Waals surface area (Å²) in [6.45, 7) is 0. The van der Waals surface area contributed by atoms with Crippen molar-refractivity contribution in [2.45, 2.75) is 0 Å². The number of furan rings is 1. The highest BCUT2D eigenvalue weighted by molar-refractivity contribution is 6.09. The number of hydrogen-bond donors (Lipinski definition) is 0. The summed E-state index contributed by atoms with van der Waals surface area (Å²) in [4.78, 5) is 14.4. The van der Waals surface area contributed by atoms with Gasteiger partial charge in [0.15, 0.2) is 17.5 Å². The molecule has 4 nitrogen and oxygen atoms in total. The SMILES string of the molecule is [2H]c1c([2H])c([2H])c(-c2c([2H])c([2H])c([2H])c([2H])c2-c2nc(-c3ccc(-c4ccccc4)cc3)nc(-c3ccc(-c4cccc5c4oc4ccccc45)cc3)n2)c([2H])c1[2H]. The van der Waals surface area contributed by atoms with Crippen LogP contribution < -0.4 is 0 Å². The quantitative estimate of drug-likeness (QED) is 0.182. The summed E-state index contributed by atoms with van der Waals surface area (Å²) in [7, 11) is 0. The molecule has 230 valence electrons. The van der Waals surface area contributed by atoms with E-state index in [9.17, 15) is 0 Å². The highest BCUT2D eigenvalue weighted by Gasteiger charge is 2.17. The minimum atomic E-state index is -0.650. The summed E-state index contributed by atoms with van der Waals surface area (Å²) in [5, 5.41) is 2.00. The fourth-order valence-corrected chi connectivity index (χ4v) is 6.00. The first kappa shape index (κ1) is 20.6. The molecule has 0 aliphatic rings. The van der Waals surface area contributed by atoms with Gasteiger partial charge in [-0.25, -0.2) is 15.0 Å². The van der Waals surface area contributed by atoms with Crippen molar-refractivity contribution in [3.8, 4) is 67.5 Å². The molecule has 0 spiro atoms. The average Bonchev–Trinajstić information content (AvgIpc) is 3.65. The molecule has 0 aliphatic heterocycles. The molecule has 9 rings (SSSR count). The van der Waals surface area contributed by atoms with Gasteiger partial charge in [-0.15, -0.1) is 0 Å². The van der Waals surface area contributed by atoms with E-state index in [2.05, 4.69) is 0 Å². The van der Waals surface area contributed by atoms with Crippen molar-refractivity contribution in [1.29, 1.82) is 0 Å². The number of hydrogen-bond acceptors (Lipinski definition) is 4.